The van der Waals surface area contributed by atoms with Crippen LogP contribution in [0.5, 0.6) is 11.5 Å². The molecule has 4 aromatic carbocycles. The summed E-state index contributed by atoms with van der Waals surface area (Å²) in [5.41, 5.74) is 8.61. The molecular formula is C48H50Cl4N6O11. The predicted molar refractivity (Wildman–Crippen MR) is 264 cm³/mol. The van der Waals surface area contributed by atoms with Crippen molar-refractivity contribution >= 4 is 87.8 Å². The Bertz CT molecular complexity index is 2740. The van der Waals surface area contributed by atoms with Crippen molar-refractivity contribution in [1.29, 1.82) is 0 Å². The quantitative estimate of drug-likeness (QED) is 0.0438. The fourth-order valence-corrected chi connectivity index (χ4v) is 6.73. The van der Waals surface area contributed by atoms with E-state index in [9.17, 15) is 24.0 Å². The van der Waals surface area contributed by atoms with E-state index >= 15 is 0 Å². The second-order valence-electron chi connectivity index (χ2n) is 15.8. The summed E-state index contributed by atoms with van der Waals surface area (Å²) in [6, 6.07) is 22.7. The molecule has 17 nitrogen and oxygen atoms in total. The SMILES string of the molecule is CC(C)Oc1ccc(-c2cc(C(=O)Nc3ccc(C=O)cc3Cl)no2)cc1Cl.CC(CC(=O)O)NCc1ccc(NC(=O)c2cc(-c3ccc(OC(C)C)c(Cl)c3)on2)c(Cl)c1.CC(N)CC(=O)O. The first kappa shape index (κ1) is 55.1. The Morgan fingerprint density at radius 3 is 1.48 bits per heavy atom. The molecule has 366 valence electrons. The van der Waals surface area contributed by atoms with Gasteiger partial charge in [-0.1, -0.05) is 62.8 Å². The van der Waals surface area contributed by atoms with Gasteiger partial charge in [-0.05, 0) is 114 Å². The maximum absolute atomic E-state index is 12.6. The van der Waals surface area contributed by atoms with Gasteiger partial charge < -0.3 is 50.4 Å². The number of nitrogens with one attached hydrogen (secondary N) is 3. The lowest BCUT2D eigenvalue weighted by atomic mass is 10.1. The molecule has 2 aromatic heterocycles. The Morgan fingerprint density at radius 2 is 1.10 bits per heavy atom. The number of rotatable bonds is 18. The van der Waals surface area contributed by atoms with Crippen molar-refractivity contribution in [2.75, 3.05) is 10.6 Å². The lowest BCUT2D eigenvalue weighted by Gasteiger charge is -2.12. The highest BCUT2D eigenvalue weighted by Gasteiger charge is 2.19. The van der Waals surface area contributed by atoms with Crippen LogP contribution in [0.3, 0.4) is 0 Å². The molecule has 2 atom stereocenters. The highest BCUT2D eigenvalue weighted by molar-refractivity contribution is 6.35. The molecule has 0 aliphatic carbocycles. The van der Waals surface area contributed by atoms with Crippen LogP contribution in [-0.2, 0) is 16.1 Å². The third-order valence-electron chi connectivity index (χ3n) is 8.93. The third-order valence-corrected chi connectivity index (χ3v) is 10.2. The maximum Gasteiger partial charge on any atom is 0.304 e. The number of aldehydes is 1. The van der Waals surface area contributed by atoms with Crippen LogP contribution < -0.4 is 31.2 Å². The van der Waals surface area contributed by atoms with E-state index in [1.807, 2.05) is 27.7 Å². The number of hydrogen-bond acceptors (Lipinski definition) is 13. The zero-order valence-electron chi connectivity index (χ0n) is 38.1. The number of halogens is 4. The molecule has 0 aliphatic heterocycles. The Balaban J connectivity index is 0.000000267. The lowest BCUT2D eigenvalue weighted by molar-refractivity contribution is -0.138. The first-order chi connectivity index (χ1) is 32.6. The Labute approximate surface area is 417 Å². The fraction of sp³-hybridized carbons (Fsp3) is 0.271. The zero-order chi connectivity index (χ0) is 50.9. The van der Waals surface area contributed by atoms with Crippen molar-refractivity contribution in [1.82, 2.24) is 15.6 Å². The molecule has 0 spiro atoms. The minimum atomic E-state index is -0.868. The highest BCUT2D eigenvalue weighted by Crippen LogP contribution is 2.33. The van der Waals surface area contributed by atoms with E-state index < -0.39 is 23.8 Å². The van der Waals surface area contributed by atoms with Gasteiger partial charge in [0.15, 0.2) is 22.9 Å². The largest absolute Gasteiger partial charge is 0.489 e. The first-order valence-electron chi connectivity index (χ1n) is 21.1. The number of benzene rings is 4. The van der Waals surface area contributed by atoms with Crippen molar-refractivity contribution < 1.29 is 52.7 Å². The Kier molecular flexibility index (Phi) is 21.0. The van der Waals surface area contributed by atoms with Crippen molar-refractivity contribution in [2.45, 2.75) is 85.2 Å². The summed E-state index contributed by atoms with van der Waals surface area (Å²) in [5, 5.41) is 34.4. The number of carboxylic acid groups (broad SMARTS) is 2. The molecule has 0 aliphatic rings. The molecule has 6 rings (SSSR count). The first-order valence-corrected chi connectivity index (χ1v) is 22.6. The van der Waals surface area contributed by atoms with Gasteiger partial charge in [-0.25, -0.2) is 0 Å². The number of amides is 2. The molecule has 0 radical (unpaired) electrons. The van der Waals surface area contributed by atoms with Crippen LogP contribution in [0.25, 0.3) is 22.6 Å². The van der Waals surface area contributed by atoms with Gasteiger partial charge in [-0.15, -0.1) is 0 Å². The van der Waals surface area contributed by atoms with Gasteiger partial charge in [0.25, 0.3) is 11.8 Å². The van der Waals surface area contributed by atoms with E-state index in [2.05, 4.69) is 26.3 Å². The molecule has 7 N–H and O–H groups in total. The maximum atomic E-state index is 12.6. The smallest absolute Gasteiger partial charge is 0.304 e. The summed E-state index contributed by atoms with van der Waals surface area (Å²) < 4.78 is 21.8. The molecular weight excluding hydrogens is 978 g/mol. The average Bonchev–Trinajstić information content (AvgIpc) is 3.97. The number of aliphatic carboxylic acids is 2. The number of ether oxygens (including phenoxy) is 2. The number of carboxylic acids is 2. The van der Waals surface area contributed by atoms with Crippen LogP contribution in [0, 0.1) is 0 Å². The van der Waals surface area contributed by atoms with E-state index in [1.54, 1.807) is 74.5 Å². The van der Waals surface area contributed by atoms with Crippen LogP contribution in [0.15, 0.2) is 94.0 Å². The number of carbonyl (C=O) groups excluding carboxylic acids is 3. The number of nitrogens with zero attached hydrogens (tertiary/aromatic N) is 2. The molecule has 0 fully saturated rings. The minimum Gasteiger partial charge on any atom is -0.489 e. The standard InChI is InChI=1S/C24H25Cl2N3O5.C20H16Cl2N2O4.C4H9NO2/c1-13(2)33-21-7-5-16(10-18(21)26)22-11-20(29-34-22)24(32)28-19-6-4-15(9-17(19)25)12-27-14(3)8-23(30)31;1-11(2)27-18-6-4-13(8-15(18)22)19-9-17(24-28-19)20(26)23-16-5-3-12(10-25)7-14(16)21;1-3(5)2-4(6)7/h4-7,9-11,13-14,27H,8,12H2,1-3H3,(H,28,32)(H,30,31);3-11H,1-2H3,(H,23,26);3H,2,5H2,1H3,(H,6,7). The van der Waals surface area contributed by atoms with Gasteiger partial charge in [-0.3, -0.25) is 24.0 Å². The van der Waals surface area contributed by atoms with Crippen LogP contribution in [0.2, 0.25) is 20.1 Å². The van der Waals surface area contributed by atoms with Crippen molar-refractivity contribution in [3.05, 3.63) is 128 Å². The number of anilines is 2. The number of carbonyl (C=O) groups is 5. The van der Waals surface area contributed by atoms with E-state index in [0.29, 0.717) is 79.0 Å². The van der Waals surface area contributed by atoms with Crippen molar-refractivity contribution in [2.24, 2.45) is 5.73 Å². The molecule has 6 aromatic rings. The molecule has 2 amide bonds. The molecule has 69 heavy (non-hydrogen) atoms. The van der Waals surface area contributed by atoms with E-state index in [1.165, 1.54) is 24.3 Å². The molecule has 0 saturated carbocycles. The summed E-state index contributed by atoms with van der Waals surface area (Å²) >= 11 is 24.9. The number of nitrogens with two attached hydrogens (primary N) is 1. The molecule has 0 saturated heterocycles. The van der Waals surface area contributed by atoms with E-state index in [0.717, 1.165) is 5.56 Å². The highest BCUT2D eigenvalue weighted by atomic mass is 35.5. The molecule has 21 heteroatoms. The second kappa shape index (κ2) is 26.3. The summed E-state index contributed by atoms with van der Waals surface area (Å²) in [5.74, 6) is -0.807. The normalized spacial score (nSPS) is 11.6. The summed E-state index contributed by atoms with van der Waals surface area (Å²) in [4.78, 5) is 56.3. The third kappa shape index (κ3) is 17.8. The summed E-state index contributed by atoms with van der Waals surface area (Å²) in [6.07, 6.45) is 0.728. The van der Waals surface area contributed by atoms with Gasteiger partial charge in [0.05, 0.1) is 56.5 Å². The lowest BCUT2D eigenvalue weighted by Crippen LogP contribution is -2.27. The summed E-state index contributed by atoms with van der Waals surface area (Å²) in [7, 11) is 0. The van der Waals surface area contributed by atoms with Gasteiger partial charge >= 0.3 is 11.9 Å². The van der Waals surface area contributed by atoms with Gasteiger partial charge in [0.1, 0.15) is 17.8 Å². The van der Waals surface area contributed by atoms with Crippen LogP contribution in [-0.4, -0.2) is 74.9 Å². The van der Waals surface area contributed by atoms with Crippen LogP contribution in [0.4, 0.5) is 11.4 Å². The number of hydrogen-bond donors (Lipinski definition) is 6. The van der Waals surface area contributed by atoms with E-state index in [4.69, 9.17) is 80.9 Å². The predicted octanol–water partition coefficient (Wildman–Crippen LogP) is 10.9. The van der Waals surface area contributed by atoms with E-state index in [-0.39, 0.29) is 53.5 Å². The topological polar surface area (TPSA) is 258 Å². The van der Waals surface area contributed by atoms with Gasteiger partial charge in [0, 0.05) is 47.5 Å². The van der Waals surface area contributed by atoms with Crippen LogP contribution in [0.1, 0.15) is 91.3 Å². The average molecular weight is 1030 g/mol. The monoisotopic (exact) mass is 1030 g/mol. The zero-order valence-corrected chi connectivity index (χ0v) is 41.2. The second-order valence-corrected chi connectivity index (χ2v) is 17.4. The van der Waals surface area contributed by atoms with Gasteiger partial charge in [0.2, 0.25) is 0 Å². The molecule has 2 heterocycles. The van der Waals surface area contributed by atoms with Crippen molar-refractivity contribution in [3.8, 4) is 34.1 Å². The fourth-order valence-electron chi connectivity index (χ4n) is 5.79. The Morgan fingerprint density at radius 1 is 0.638 bits per heavy atom. The Hall–Kier alpha value is -6.47. The summed E-state index contributed by atoms with van der Waals surface area (Å²) in [6.45, 7) is 11.5. The van der Waals surface area contributed by atoms with Gasteiger partial charge in [-0.2, -0.15) is 0 Å². The number of aromatic nitrogens is 2. The van der Waals surface area contributed by atoms with Crippen LogP contribution >= 0.6 is 46.4 Å². The minimum absolute atomic E-state index is 0.00338. The molecule has 0 bridgehead atoms. The van der Waals surface area contributed by atoms with Crippen molar-refractivity contribution in [3.63, 3.8) is 0 Å². The molecule has 2 unspecified atom stereocenters.